The monoisotopic (exact) mass is 428 g/mol. The maximum absolute atomic E-state index is 14.4. The molecule has 1 aliphatic rings. The summed E-state index contributed by atoms with van der Waals surface area (Å²) in [5, 5.41) is 7.97. The lowest BCUT2D eigenvalue weighted by Gasteiger charge is -2.31. The van der Waals surface area contributed by atoms with Crippen LogP contribution in [0.25, 0.3) is 10.8 Å². The van der Waals surface area contributed by atoms with Crippen LogP contribution in [0.5, 0.6) is 0 Å². The van der Waals surface area contributed by atoms with Gasteiger partial charge >= 0.3 is 0 Å². The molecular weight excluding hydrogens is 399 g/mol. The molecule has 0 bridgehead atoms. The Balaban J connectivity index is 0.00000132. The van der Waals surface area contributed by atoms with Crippen molar-refractivity contribution < 1.29 is 13.9 Å². The number of methoxy groups -OCH3 is 1. The summed E-state index contributed by atoms with van der Waals surface area (Å²) in [7, 11) is 1.67. The standard InChI is InChI=1S/C21H23FN4O3.C2H6/c1-12-19-16(11-23-12)20(27)25-24-18(19)10-13-3-4-17(22)15(9-13)21(28)26-7-5-14(29-2)6-8-26;1-2/h3-4,9,11,14,23H,5-8,10H2,1-2H3,(H,25,27);1-2H3. The highest BCUT2D eigenvalue weighted by atomic mass is 19.1. The van der Waals surface area contributed by atoms with E-state index in [2.05, 4.69) is 15.2 Å². The van der Waals surface area contributed by atoms with Gasteiger partial charge in [-0.1, -0.05) is 19.9 Å². The number of likely N-dealkylation sites (tertiary alicyclic amines) is 1. The number of H-pyrrole nitrogens is 2. The number of nitrogens with one attached hydrogen (secondary N) is 2. The van der Waals surface area contributed by atoms with Crippen molar-refractivity contribution in [3.05, 3.63) is 63.1 Å². The minimum atomic E-state index is -0.537. The van der Waals surface area contributed by atoms with E-state index in [1.54, 1.807) is 30.3 Å². The van der Waals surface area contributed by atoms with Crippen molar-refractivity contribution in [3.63, 3.8) is 0 Å². The minimum absolute atomic E-state index is 0.0600. The summed E-state index contributed by atoms with van der Waals surface area (Å²) in [6, 6.07) is 4.54. The highest BCUT2D eigenvalue weighted by Crippen LogP contribution is 2.22. The molecule has 4 rings (SSSR count). The second-order valence-corrected chi connectivity index (χ2v) is 7.42. The quantitative estimate of drug-likeness (QED) is 0.665. The van der Waals surface area contributed by atoms with Crippen LogP contribution in [0, 0.1) is 12.7 Å². The average Bonchev–Trinajstić information content (AvgIpc) is 3.20. The maximum Gasteiger partial charge on any atom is 0.273 e. The second-order valence-electron chi connectivity index (χ2n) is 7.42. The number of halogens is 1. The Morgan fingerprint density at radius 1 is 1.29 bits per heavy atom. The van der Waals surface area contributed by atoms with Crippen molar-refractivity contribution in [1.82, 2.24) is 20.1 Å². The largest absolute Gasteiger partial charge is 0.381 e. The first-order valence-electron chi connectivity index (χ1n) is 10.6. The fraction of sp³-hybridized carbons (Fsp3) is 0.435. The summed E-state index contributed by atoms with van der Waals surface area (Å²) in [5.74, 6) is -0.846. The molecule has 7 nitrogen and oxygen atoms in total. The zero-order valence-electron chi connectivity index (χ0n) is 18.4. The smallest absolute Gasteiger partial charge is 0.273 e. The molecule has 166 valence electrons. The van der Waals surface area contributed by atoms with Crippen LogP contribution < -0.4 is 5.56 Å². The lowest BCUT2D eigenvalue weighted by molar-refractivity contribution is 0.0348. The first-order chi connectivity index (χ1) is 15.0. The molecule has 2 aromatic heterocycles. The SMILES string of the molecule is CC.COC1CCN(C(=O)c2cc(Cc3n[nH]c(=O)c4c[nH]c(C)c34)ccc2F)CC1. The summed E-state index contributed by atoms with van der Waals surface area (Å²) in [5.41, 5.74) is 2.06. The predicted octanol–water partition coefficient (Wildman–Crippen LogP) is 3.57. The molecule has 1 aliphatic heterocycles. The molecule has 1 amide bonds. The van der Waals surface area contributed by atoms with E-state index in [4.69, 9.17) is 4.74 Å². The van der Waals surface area contributed by atoms with Gasteiger partial charge in [-0.15, -0.1) is 0 Å². The fourth-order valence-corrected chi connectivity index (χ4v) is 3.94. The first-order valence-corrected chi connectivity index (χ1v) is 10.6. The molecule has 3 heterocycles. The molecule has 0 radical (unpaired) electrons. The molecule has 1 fully saturated rings. The Hall–Kier alpha value is -3.00. The number of piperidine rings is 1. The van der Waals surface area contributed by atoms with Crippen molar-refractivity contribution in [2.45, 2.75) is 46.1 Å². The first kappa shape index (κ1) is 22.7. The van der Waals surface area contributed by atoms with Gasteiger partial charge < -0.3 is 14.6 Å². The van der Waals surface area contributed by atoms with Crippen LogP contribution in [0.4, 0.5) is 4.39 Å². The maximum atomic E-state index is 14.4. The normalized spacial score (nSPS) is 14.4. The van der Waals surface area contributed by atoms with E-state index in [0.29, 0.717) is 30.6 Å². The van der Waals surface area contributed by atoms with Crippen LogP contribution in [0.1, 0.15) is 54.0 Å². The molecule has 31 heavy (non-hydrogen) atoms. The number of aromatic amines is 2. The number of carbonyl (C=O) groups is 1. The van der Waals surface area contributed by atoms with E-state index in [-0.39, 0.29) is 23.1 Å². The van der Waals surface area contributed by atoms with Gasteiger partial charge in [0.05, 0.1) is 22.7 Å². The summed E-state index contributed by atoms with van der Waals surface area (Å²) < 4.78 is 19.8. The van der Waals surface area contributed by atoms with Gasteiger partial charge in [-0.3, -0.25) is 9.59 Å². The van der Waals surface area contributed by atoms with E-state index in [1.807, 2.05) is 20.8 Å². The van der Waals surface area contributed by atoms with E-state index in [1.165, 1.54) is 6.07 Å². The number of nitrogens with zero attached hydrogens (tertiary/aromatic N) is 2. The number of benzene rings is 1. The molecule has 0 atom stereocenters. The summed E-state index contributed by atoms with van der Waals surface area (Å²) in [6.07, 6.45) is 3.66. The van der Waals surface area contributed by atoms with Gasteiger partial charge in [0.25, 0.3) is 11.5 Å². The van der Waals surface area contributed by atoms with E-state index >= 15 is 0 Å². The molecular formula is C23H29FN4O3. The zero-order valence-corrected chi connectivity index (χ0v) is 18.4. The van der Waals surface area contributed by atoms with Crippen LogP contribution in [0.15, 0.2) is 29.2 Å². The molecule has 0 spiro atoms. The van der Waals surface area contributed by atoms with Gasteiger partial charge in [0.1, 0.15) is 5.82 Å². The number of hydrogen-bond donors (Lipinski definition) is 2. The number of aromatic nitrogens is 3. The van der Waals surface area contributed by atoms with Crippen LogP contribution in [0.2, 0.25) is 0 Å². The van der Waals surface area contributed by atoms with Crippen molar-refractivity contribution in [2.24, 2.45) is 0 Å². The fourth-order valence-electron chi connectivity index (χ4n) is 3.94. The number of ether oxygens (including phenoxy) is 1. The third kappa shape index (κ3) is 4.69. The van der Waals surface area contributed by atoms with Crippen molar-refractivity contribution in [1.29, 1.82) is 0 Å². The van der Waals surface area contributed by atoms with Gasteiger partial charge in [-0.25, -0.2) is 9.49 Å². The molecule has 1 saturated heterocycles. The Kier molecular flexibility index (Phi) is 7.22. The topological polar surface area (TPSA) is 91.1 Å². The molecule has 1 aromatic carbocycles. The molecule has 3 aromatic rings. The lowest BCUT2D eigenvalue weighted by Crippen LogP contribution is -2.41. The van der Waals surface area contributed by atoms with Crippen molar-refractivity contribution in [2.75, 3.05) is 20.2 Å². The van der Waals surface area contributed by atoms with Crippen molar-refractivity contribution in [3.8, 4) is 0 Å². The molecule has 0 saturated carbocycles. The van der Waals surface area contributed by atoms with Crippen molar-refractivity contribution >= 4 is 16.7 Å². The number of rotatable bonds is 4. The number of aryl methyl sites for hydroxylation is 1. The average molecular weight is 429 g/mol. The Morgan fingerprint density at radius 2 is 2.00 bits per heavy atom. The van der Waals surface area contributed by atoms with Crippen LogP contribution in [-0.2, 0) is 11.2 Å². The Bertz CT molecular complexity index is 1110. The highest BCUT2D eigenvalue weighted by Gasteiger charge is 2.25. The number of fused-ring (bicyclic) bond motifs is 1. The number of hydrogen-bond acceptors (Lipinski definition) is 4. The van der Waals surface area contributed by atoms with E-state index in [9.17, 15) is 14.0 Å². The van der Waals surface area contributed by atoms with Gasteiger partial charge in [0.2, 0.25) is 0 Å². The van der Waals surface area contributed by atoms with E-state index in [0.717, 1.165) is 29.5 Å². The van der Waals surface area contributed by atoms with Gasteiger partial charge in [-0.05, 0) is 37.5 Å². The summed E-state index contributed by atoms with van der Waals surface area (Å²) in [4.78, 5) is 29.5. The third-order valence-electron chi connectivity index (χ3n) is 5.60. The molecule has 8 heteroatoms. The predicted molar refractivity (Wildman–Crippen MR) is 118 cm³/mol. The van der Waals surface area contributed by atoms with Gasteiger partial charge in [0.15, 0.2) is 0 Å². The highest BCUT2D eigenvalue weighted by molar-refractivity contribution is 5.95. The van der Waals surface area contributed by atoms with E-state index < -0.39 is 5.82 Å². The summed E-state index contributed by atoms with van der Waals surface area (Å²) >= 11 is 0. The van der Waals surface area contributed by atoms with Crippen LogP contribution >= 0.6 is 0 Å². The van der Waals surface area contributed by atoms with Gasteiger partial charge in [-0.2, -0.15) is 5.10 Å². The van der Waals surface area contributed by atoms with Gasteiger partial charge in [0, 0.05) is 43.9 Å². The number of carbonyl (C=O) groups excluding carboxylic acids is 1. The molecule has 2 N–H and O–H groups in total. The third-order valence-corrected chi connectivity index (χ3v) is 5.60. The molecule has 0 unspecified atom stereocenters. The van der Waals surface area contributed by atoms with Crippen LogP contribution in [0.3, 0.4) is 0 Å². The Labute approximate surface area is 180 Å². The lowest BCUT2D eigenvalue weighted by atomic mass is 10.0. The van der Waals surface area contributed by atoms with Crippen LogP contribution in [-0.4, -0.2) is 52.3 Å². The minimum Gasteiger partial charge on any atom is -0.381 e. The Morgan fingerprint density at radius 3 is 2.68 bits per heavy atom. The molecule has 0 aliphatic carbocycles. The number of amides is 1. The second kappa shape index (κ2) is 9.87. The zero-order chi connectivity index (χ0) is 22.5. The summed E-state index contributed by atoms with van der Waals surface area (Å²) in [6.45, 7) is 6.97.